The zero-order valence-electron chi connectivity index (χ0n) is 20.0. The zero-order valence-corrected chi connectivity index (χ0v) is 20.0. The van der Waals surface area contributed by atoms with Gasteiger partial charge in [-0.3, -0.25) is 14.5 Å². The molecule has 174 valence electrons. The zero-order chi connectivity index (χ0) is 24.6. The van der Waals surface area contributed by atoms with Crippen molar-refractivity contribution >= 4 is 21.5 Å². The highest BCUT2D eigenvalue weighted by atomic mass is 15.1. The molecule has 0 amide bonds. The van der Waals surface area contributed by atoms with Gasteiger partial charge in [0.25, 0.3) is 0 Å². The van der Waals surface area contributed by atoms with Gasteiger partial charge in [-0.05, 0) is 22.9 Å². The van der Waals surface area contributed by atoms with Gasteiger partial charge < -0.3 is 0 Å². The molecule has 0 saturated heterocycles. The molecule has 0 bridgehead atoms. The Morgan fingerprint density at radius 3 is 1.65 bits per heavy atom. The van der Waals surface area contributed by atoms with E-state index in [4.69, 9.17) is 15.0 Å². The van der Waals surface area contributed by atoms with Crippen molar-refractivity contribution in [3.63, 3.8) is 0 Å². The third-order valence-electron chi connectivity index (χ3n) is 6.81. The summed E-state index contributed by atoms with van der Waals surface area (Å²) in [6.45, 7) is 0. The smallest absolute Gasteiger partial charge is 0.144 e. The van der Waals surface area contributed by atoms with E-state index in [0.29, 0.717) is 0 Å². The van der Waals surface area contributed by atoms with Crippen LogP contribution in [0.15, 0.2) is 134 Å². The molecular weight excluding hydrogens is 452 g/mol. The van der Waals surface area contributed by atoms with Gasteiger partial charge in [-0.2, -0.15) is 0 Å². The molecule has 0 saturated carbocycles. The monoisotopic (exact) mass is 474 g/mol. The van der Waals surface area contributed by atoms with Crippen LogP contribution in [0.5, 0.6) is 0 Å². The fraction of sp³-hybridized carbons (Fsp3) is 0. The molecule has 0 N–H and O–H groups in total. The van der Waals surface area contributed by atoms with Crippen LogP contribution in [0.1, 0.15) is 0 Å². The third-order valence-corrected chi connectivity index (χ3v) is 6.81. The van der Waals surface area contributed by atoms with Crippen molar-refractivity contribution in [1.82, 2.24) is 19.5 Å². The Bertz CT molecular complexity index is 1780. The molecule has 4 heteroatoms. The fourth-order valence-corrected chi connectivity index (χ4v) is 5.14. The molecule has 7 aromatic rings. The summed E-state index contributed by atoms with van der Waals surface area (Å²) in [5.74, 6) is 0.870. The van der Waals surface area contributed by atoms with E-state index in [1.807, 2.05) is 43.0 Å². The van der Waals surface area contributed by atoms with Gasteiger partial charge in [-0.15, -0.1) is 0 Å². The summed E-state index contributed by atoms with van der Waals surface area (Å²) in [4.78, 5) is 14.6. The average Bonchev–Trinajstić information content (AvgIpc) is 3.46. The van der Waals surface area contributed by atoms with Gasteiger partial charge in [0.1, 0.15) is 5.82 Å². The van der Waals surface area contributed by atoms with Gasteiger partial charge in [0.05, 0.1) is 17.1 Å². The van der Waals surface area contributed by atoms with Gasteiger partial charge >= 0.3 is 0 Å². The molecular formula is C33H22N4. The number of rotatable bonds is 4. The summed E-state index contributed by atoms with van der Waals surface area (Å²) in [7, 11) is 0. The first-order valence-electron chi connectivity index (χ1n) is 12.3. The Kier molecular flexibility index (Phi) is 5.07. The van der Waals surface area contributed by atoms with Crippen molar-refractivity contribution in [3.8, 4) is 39.6 Å². The van der Waals surface area contributed by atoms with Crippen LogP contribution < -0.4 is 0 Å². The number of para-hydroxylation sites is 1. The Labute approximate surface area is 214 Å². The summed E-state index contributed by atoms with van der Waals surface area (Å²) >= 11 is 0. The minimum atomic E-state index is 0.870. The molecule has 0 unspecified atom stereocenters. The van der Waals surface area contributed by atoms with Crippen molar-refractivity contribution in [2.45, 2.75) is 0 Å². The second-order valence-electron chi connectivity index (χ2n) is 8.95. The molecule has 37 heavy (non-hydrogen) atoms. The third kappa shape index (κ3) is 3.58. The van der Waals surface area contributed by atoms with Gasteiger partial charge in [0.15, 0.2) is 0 Å². The quantitative estimate of drug-likeness (QED) is 0.260. The summed E-state index contributed by atoms with van der Waals surface area (Å²) in [5.41, 5.74) is 5.97. The molecule has 0 fully saturated rings. The molecule has 0 aliphatic rings. The maximum absolute atomic E-state index is 4.89. The molecule has 0 spiro atoms. The topological polar surface area (TPSA) is 43.6 Å². The first-order valence-corrected chi connectivity index (χ1v) is 12.3. The van der Waals surface area contributed by atoms with Crippen LogP contribution in [0.25, 0.3) is 61.1 Å². The summed E-state index contributed by atoms with van der Waals surface area (Å²) < 4.78 is 2.17. The maximum atomic E-state index is 4.89. The highest BCUT2D eigenvalue weighted by molar-refractivity contribution is 6.02. The van der Waals surface area contributed by atoms with Gasteiger partial charge in [0.2, 0.25) is 0 Å². The lowest BCUT2D eigenvalue weighted by Gasteiger charge is -2.19. The number of benzene rings is 4. The van der Waals surface area contributed by atoms with Crippen LogP contribution in [0, 0.1) is 0 Å². The molecule has 0 aliphatic carbocycles. The maximum Gasteiger partial charge on any atom is 0.144 e. The lowest BCUT2D eigenvalue weighted by Crippen LogP contribution is -2.03. The van der Waals surface area contributed by atoms with Crippen LogP contribution in [-0.2, 0) is 0 Å². The SMILES string of the molecule is c1ccc(-c2nccn2-c2c(-c3nccc4ccccc34)cccc2-c2nccc3ccccc23)cc1. The van der Waals surface area contributed by atoms with E-state index in [-0.39, 0.29) is 0 Å². The van der Waals surface area contributed by atoms with E-state index < -0.39 is 0 Å². The number of fused-ring (bicyclic) bond motifs is 2. The molecule has 0 atom stereocenters. The Morgan fingerprint density at radius 2 is 1.03 bits per heavy atom. The molecule has 0 aliphatic heterocycles. The highest BCUT2D eigenvalue weighted by Gasteiger charge is 2.21. The Morgan fingerprint density at radius 1 is 0.459 bits per heavy atom. The molecule has 0 radical (unpaired) electrons. The van der Waals surface area contributed by atoms with E-state index in [0.717, 1.165) is 61.1 Å². The highest BCUT2D eigenvalue weighted by Crippen LogP contribution is 2.40. The number of pyridine rings is 2. The second kappa shape index (κ2) is 8.85. The summed E-state index contributed by atoms with van der Waals surface area (Å²) in [6.07, 6.45) is 7.66. The van der Waals surface area contributed by atoms with Crippen LogP contribution >= 0.6 is 0 Å². The Balaban J connectivity index is 1.60. The number of hydrogen-bond acceptors (Lipinski definition) is 3. The minimum Gasteiger partial charge on any atom is -0.298 e. The lowest BCUT2D eigenvalue weighted by molar-refractivity contribution is 1.07. The largest absolute Gasteiger partial charge is 0.298 e. The standard InChI is InChI=1S/C33H22N4/c1-2-11-25(12-3-1)33-36-21-22-37(33)32-28(30-26-13-6-4-9-23(26)17-19-34-30)15-8-16-29(32)31-27-14-7-5-10-24(27)18-20-35-31/h1-22H. The minimum absolute atomic E-state index is 0.870. The first-order chi connectivity index (χ1) is 18.4. The van der Waals surface area contributed by atoms with Crippen LogP contribution in [0.4, 0.5) is 0 Å². The van der Waals surface area contributed by atoms with Crippen molar-refractivity contribution < 1.29 is 0 Å². The summed E-state index contributed by atoms with van der Waals surface area (Å²) in [5, 5.41) is 4.52. The average molecular weight is 475 g/mol. The number of aromatic nitrogens is 4. The normalized spacial score (nSPS) is 11.2. The molecule has 3 aromatic heterocycles. The van der Waals surface area contributed by atoms with Crippen molar-refractivity contribution in [3.05, 3.63) is 134 Å². The molecule has 3 heterocycles. The van der Waals surface area contributed by atoms with E-state index in [1.54, 1.807) is 0 Å². The van der Waals surface area contributed by atoms with Crippen LogP contribution in [-0.4, -0.2) is 19.5 Å². The van der Waals surface area contributed by atoms with Crippen LogP contribution in [0.3, 0.4) is 0 Å². The van der Waals surface area contributed by atoms with E-state index in [1.165, 1.54) is 0 Å². The fourth-order valence-electron chi connectivity index (χ4n) is 5.14. The van der Waals surface area contributed by atoms with Gasteiger partial charge in [0, 0.05) is 52.3 Å². The van der Waals surface area contributed by atoms with E-state index >= 15 is 0 Å². The first kappa shape index (κ1) is 21.2. The van der Waals surface area contributed by atoms with Crippen molar-refractivity contribution in [1.29, 1.82) is 0 Å². The lowest BCUT2D eigenvalue weighted by atomic mass is 9.95. The summed E-state index contributed by atoms with van der Waals surface area (Å²) in [6, 6.07) is 37.6. The van der Waals surface area contributed by atoms with Crippen LogP contribution in [0.2, 0.25) is 0 Å². The molecule has 4 nitrogen and oxygen atoms in total. The van der Waals surface area contributed by atoms with E-state index in [2.05, 4.69) is 95.6 Å². The number of nitrogens with zero attached hydrogens (tertiary/aromatic N) is 4. The van der Waals surface area contributed by atoms with Crippen molar-refractivity contribution in [2.75, 3.05) is 0 Å². The predicted octanol–water partition coefficient (Wildman–Crippen LogP) is 7.97. The molecule has 4 aromatic carbocycles. The predicted molar refractivity (Wildman–Crippen MR) is 150 cm³/mol. The number of imidazole rings is 1. The van der Waals surface area contributed by atoms with E-state index in [9.17, 15) is 0 Å². The van der Waals surface area contributed by atoms with Gasteiger partial charge in [-0.1, -0.05) is 97.1 Å². The second-order valence-corrected chi connectivity index (χ2v) is 8.95. The molecule has 7 rings (SSSR count). The van der Waals surface area contributed by atoms with Gasteiger partial charge in [-0.25, -0.2) is 4.98 Å². The van der Waals surface area contributed by atoms with Crippen molar-refractivity contribution in [2.24, 2.45) is 0 Å². The Hall–Kier alpha value is -5.09. The number of hydrogen-bond donors (Lipinski definition) is 0.